The lowest BCUT2D eigenvalue weighted by Crippen LogP contribution is -2.40. The van der Waals surface area contributed by atoms with Crippen molar-refractivity contribution in [1.29, 1.82) is 0 Å². The number of hydrogen-bond donors (Lipinski definition) is 1. The average Bonchev–Trinajstić information content (AvgIpc) is 2.86. The Hall–Kier alpha value is -3.86. The first-order valence-electron chi connectivity index (χ1n) is 11.5. The van der Waals surface area contributed by atoms with E-state index >= 15 is 0 Å². The predicted octanol–water partition coefficient (Wildman–Crippen LogP) is 5.42. The number of benzene rings is 3. The van der Waals surface area contributed by atoms with E-state index in [-0.39, 0.29) is 12.4 Å². The Balaban J connectivity index is 1.55. The van der Waals surface area contributed by atoms with Gasteiger partial charge in [0.25, 0.3) is 0 Å². The molecule has 0 radical (unpaired) electrons. The number of ketones is 1. The molecule has 0 aromatic heterocycles. The van der Waals surface area contributed by atoms with Crippen LogP contribution in [-0.4, -0.2) is 18.9 Å². The number of nitrogens with one attached hydrogen (secondary N) is 1. The molecule has 2 unspecified atom stereocenters. The standard InChI is InChI=1S/C29H27NO4/c1-18-26(29(32)34-17-19-13-15-21(33-2)16-14-19)27(28-24(30-18)11-6-12-25(28)31)23-10-5-8-20-7-3-4-9-22(20)23/h3-5,7-11,13-16,27-28,30H,6,12,17H2,1-2H3. The van der Waals surface area contributed by atoms with E-state index in [0.717, 1.165) is 39.0 Å². The van der Waals surface area contributed by atoms with Crippen molar-refractivity contribution in [1.82, 2.24) is 5.32 Å². The van der Waals surface area contributed by atoms with Gasteiger partial charge in [0.15, 0.2) is 0 Å². The number of carbonyl (C=O) groups is 2. The van der Waals surface area contributed by atoms with Crippen LogP contribution in [0.2, 0.25) is 0 Å². The SMILES string of the molecule is COc1ccc(COC(=O)C2=C(C)NC3=CCCC(=O)C3C2c2cccc3ccccc23)cc1. The van der Waals surface area contributed by atoms with Crippen molar-refractivity contribution in [3.05, 3.63) is 101 Å². The Morgan fingerprint density at radius 1 is 1.00 bits per heavy atom. The summed E-state index contributed by atoms with van der Waals surface area (Å²) < 4.78 is 11.0. The molecule has 0 amide bonds. The molecule has 5 rings (SSSR count). The van der Waals surface area contributed by atoms with Crippen molar-refractivity contribution in [2.45, 2.75) is 32.3 Å². The van der Waals surface area contributed by atoms with Crippen LogP contribution in [0, 0.1) is 5.92 Å². The number of esters is 1. The molecule has 1 aliphatic carbocycles. The normalized spacial score (nSPS) is 19.8. The number of methoxy groups -OCH3 is 1. The number of Topliss-reactive ketones (excluding diaryl/α,β-unsaturated/α-hetero) is 1. The summed E-state index contributed by atoms with van der Waals surface area (Å²) in [4.78, 5) is 26.7. The fourth-order valence-corrected chi connectivity index (χ4v) is 5.09. The Morgan fingerprint density at radius 3 is 2.56 bits per heavy atom. The fraction of sp³-hybridized carbons (Fsp3) is 0.241. The molecule has 1 heterocycles. The molecule has 0 saturated carbocycles. The van der Waals surface area contributed by atoms with Crippen LogP contribution >= 0.6 is 0 Å². The lowest BCUT2D eigenvalue weighted by atomic mass is 9.70. The third-order valence-corrected chi connectivity index (χ3v) is 6.72. The van der Waals surface area contributed by atoms with E-state index in [1.165, 1.54) is 0 Å². The van der Waals surface area contributed by atoms with Crippen molar-refractivity contribution in [2.24, 2.45) is 5.92 Å². The number of hydrogen-bond acceptors (Lipinski definition) is 5. The minimum absolute atomic E-state index is 0.142. The van der Waals surface area contributed by atoms with Gasteiger partial charge in [0.2, 0.25) is 0 Å². The van der Waals surface area contributed by atoms with Crippen LogP contribution in [0.25, 0.3) is 10.8 Å². The summed E-state index contributed by atoms with van der Waals surface area (Å²) >= 11 is 0. The van der Waals surface area contributed by atoms with Crippen molar-refractivity contribution >= 4 is 22.5 Å². The van der Waals surface area contributed by atoms with E-state index in [1.807, 2.05) is 55.5 Å². The second-order valence-corrected chi connectivity index (χ2v) is 8.78. The molecule has 5 nitrogen and oxygen atoms in total. The number of rotatable bonds is 5. The van der Waals surface area contributed by atoms with Crippen molar-refractivity contribution in [3.63, 3.8) is 0 Å². The smallest absolute Gasteiger partial charge is 0.336 e. The Bertz CT molecular complexity index is 1310. The van der Waals surface area contributed by atoms with E-state index in [1.54, 1.807) is 7.11 Å². The zero-order valence-corrected chi connectivity index (χ0v) is 19.3. The molecule has 2 atom stereocenters. The van der Waals surface area contributed by atoms with Gasteiger partial charge in [-0.25, -0.2) is 4.79 Å². The Labute approximate surface area is 199 Å². The highest BCUT2D eigenvalue weighted by atomic mass is 16.5. The monoisotopic (exact) mass is 453 g/mol. The molecule has 1 N–H and O–H groups in total. The average molecular weight is 454 g/mol. The van der Waals surface area contributed by atoms with Crippen LogP contribution in [0.15, 0.2) is 89.8 Å². The summed E-state index contributed by atoms with van der Waals surface area (Å²) in [5, 5.41) is 5.47. The predicted molar refractivity (Wildman–Crippen MR) is 131 cm³/mol. The van der Waals surface area contributed by atoms with Gasteiger partial charge >= 0.3 is 5.97 Å². The zero-order valence-electron chi connectivity index (χ0n) is 19.3. The third kappa shape index (κ3) is 3.98. The molecule has 2 aliphatic rings. The summed E-state index contributed by atoms with van der Waals surface area (Å²) in [5.41, 5.74) is 3.98. The van der Waals surface area contributed by atoms with E-state index in [4.69, 9.17) is 9.47 Å². The number of carbonyl (C=O) groups excluding carboxylic acids is 2. The molecule has 3 aromatic carbocycles. The lowest BCUT2D eigenvalue weighted by molar-refractivity contribution is -0.141. The summed E-state index contributed by atoms with van der Waals surface area (Å²) in [6.45, 7) is 2.03. The fourth-order valence-electron chi connectivity index (χ4n) is 5.09. The number of allylic oxidation sites excluding steroid dienone is 3. The topological polar surface area (TPSA) is 64.6 Å². The van der Waals surface area contributed by atoms with Crippen molar-refractivity contribution < 1.29 is 19.1 Å². The first-order chi connectivity index (χ1) is 16.6. The maximum Gasteiger partial charge on any atom is 0.336 e. The quantitative estimate of drug-likeness (QED) is 0.523. The molecular formula is C29H27NO4. The van der Waals surface area contributed by atoms with Crippen molar-refractivity contribution in [2.75, 3.05) is 7.11 Å². The van der Waals surface area contributed by atoms with E-state index in [0.29, 0.717) is 18.4 Å². The highest BCUT2D eigenvalue weighted by Gasteiger charge is 2.43. The van der Waals surface area contributed by atoms with Crippen LogP contribution in [0.1, 0.15) is 36.8 Å². The molecule has 172 valence electrons. The summed E-state index contributed by atoms with van der Waals surface area (Å²) in [6.07, 6.45) is 3.28. The van der Waals surface area contributed by atoms with Crippen molar-refractivity contribution in [3.8, 4) is 5.75 Å². The van der Waals surface area contributed by atoms with Gasteiger partial charge in [-0.2, -0.15) is 0 Å². The van der Waals surface area contributed by atoms with Gasteiger partial charge in [0.1, 0.15) is 18.1 Å². The molecule has 0 saturated heterocycles. The Kier molecular flexibility index (Phi) is 5.93. The van der Waals surface area contributed by atoms with Crippen LogP contribution < -0.4 is 10.1 Å². The first-order valence-corrected chi connectivity index (χ1v) is 11.5. The van der Waals surface area contributed by atoms with Gasteiger partial charge in [-0.05, 0) is 47.4 Å². The van der Waals surface area contributed by atoms with Crippen LogP contribution in [0.4, 0.5) is 0 Å². The molecule has 3 aromatic rings. The maximum absolute atomic E-state index is 13.5. The molecule has 0 fully saturated rings. The third-order valence-electron chi connectivity index (χ3n) is 6.72. The van der Waals surface area contributed by atoms with Gasteiger partial charge in [-0.15, -0.1) is 0 Å². The van der Waals surface area contributed by atoms with Crippen LogP contribution in [0.3, 0.4) is 0 Å². The van der Waals surface area contributed by atoms with Gasteiger partial charge in [-0.1, -0.05) is 60.7 Å². The van der Waals surface area contributed by atoms with E-state index in [9.17, 15) is 9.59 Å². The van der Waals surface area contributed by atoms with E-state index < -0.39 is 17.8 Å². The van der Waals surface area contributed by atoms with Gasteiger partial charge < -0.3 is 14.8 Å². The molecule has 0 spiro atoms. The first kappa shape index (κ1) is 22.0. The number of fused-ring (bicyclic) bond motifs is 2. The highest BCUT2D eigenvalue weighted by Crippen LogP contribution is 2.45. The molecule has 1 aliphatic heterocycles. The van der Waals surface area contributed by atoms with E-state index in [2.05, 4.69) is 29.6 Å². The summed E-state index contributed by atoms with van der Waals surface area (Å²) in [6, 6.07) is 21.6. The van der Waals surface area contributed by atoms with Gasteiger partial charge in [0.05, 0.1) is 18.6 Å². The van der Waals surface area contributed by atoms with Crippen LogP contribution in [0.5, 0.6) is 5.75 Å². The maximum atomic E-state index is 13.5. The van der Waals surface area contributed by atoms with Crippen LogP contribution in [-0.2, 0) is 20.9 Å². The molecule has 5 heteroatoms. The summed E-state index contributed by atoms with van der Waals surface area (Å²) in [5.74, 6) is -0.343. The lowest BCUT2D eigenvalue weighted by Gasteiger charge is -2.38. The minimum Gasteiger partial charge on any atom is -0.497 e. The summed E-state index contributed by atoms with van der Waals surface area (Å²) in [7, 11) is 1.61. The van der Waals surface area contributed by atoms with Gasteiger partial charge in [0, 0.05) is 23.7 Å². The van der Waals surface area contributed by atoms with Gasteiger partial charge in [-0.3, -0.25) is 4.79 Å². The Morgan fingerprint density at radius 2 is 1.76 bits per heavy atom. The number of ether oxygens (including phenoxy) is 2. The molecule has 0 bridgehead atoms. The second-order valence-electron chi connectivity index (χ2n) is 8.78. The molecular weight excluding hydrogens is 426 g/mol. The molecule has 34 heavy (non-hydrogen) atoms. The minimum atomic E-state index is -0.424. The second kappa shape index (κ2) is 9.18. The largest absolute Gasteiger partial charge is 0.497 e. The highest BCUT2D eigenvalue weighted by molar-refractivity contribution is 5.98. The zero-order chi connectivity index (χ0) is 23.7.